The van der Waals surface area contributed by atoms with Crippen molar-refractivity contribution in [2.24, 2.45) is 0 Å². The minimum absolute atomic E-state index is 0.0445. The molecule has 0 bridgehead atoms. The number of fused-ring (bicyclic) bond motifs is 1. The van der Waals surface area contributed by atoms with E-state index in [0.717, 1.165) is 11.1 Å². The second kappa shape index (κ2) is 10.7. The smallest absolute Gasteiger partial charge is 0.255 e. The van der Waals surface area contributed by atoms with Gasteiger partial charge in [0.1, 0.15) is 0 Å². The number of methoxy groups -OCH3 is 3. The fourth-order valence-corrected chi connectivity index (χ4v) is 4.52. The molecule has 0 unspecified atom stereocenters. The first-order chi connectivity index (χ1) is 17.0. The van der Waals surface area contributed by atoms with Crippen LogP contribution in [0.25, 0.3) is 0 Å². The average molecular weight is 495 g/mol. The van der Waals surface area contributed by atoms with Gasteiger partial charge in [0.15, 0.2) is 11.5 Å². The summed E-state index contributed by atoms with van der Waals surface area (Å²) in [5.74, 6) is 1.00. The van der Waals surface area contributed by atoms with E-state index in [1.807, 2.05) is 36.4 Å². The van der Waals surface area contributed by atoms with Gasteiger partial charge in [-0.25, -0.2) is 0 Å². The molecule has 2 amide bonds. The van der Waals surface area contributed by atoms with Gasteiger partial charge in [-0.05, 0) is 41.0 Å². The van der Waals surface area contributed by atoms with Gasteiger partial charge in [-0.3, -0.25) is 9.59 Å². The number of carbonyl (C=O) groups is 2. The molecule has 3 aromatic carbocycles. The minimum atomic E-state index is -0.560. The van der Waals surface area contributed by atoms with E-state index in [1.54, 1.807) is 29.2 Å². The van der Waals surface area contributed by atoms with Crippen LogP contribution in [0.1, 0.15) is 39.5 Å². The number of carbonyl (C=O) groups excluding carboxylic acids is 2. The molecular formula is C27H27ClN2O5. The fourth-order valence-electron chi connectivity index (χ4n) is 4.31. The van der Waals surface area contributed by atoms with E-state index in [4.69, 9.17) is 25.8 Å². The molecule has 0 saturated carbocycles. The van der Waals surface area contributed by atoms with Crippen molar-refractivity contribution in [1.82, 2.24) is 10.2 Å². The SMILES string of the molecule is COc1cc([C@H](CC(=O)NCc2ccccc2Cl)N2Cc3ccccc3C2=O)cc(OC)c1OC. The van der Waals surface area contributed by atoms with Gasteiger partial charge in [0.2, 0.25) is 11.7 Å². The summed E-state index contributed by atoms with van der Waals surface area (Å²) in [6, 6.07) is 17.8. The first-order valence-corrected chi connectivity index (χ1v) is 11.5. The van der Waals surface area contributed by atoms with Crippen LogP contribution in [0.4, 0.5) is 0 Å². The quantitative estimate of drug-likeness (QED) is 0.463. The summed E-state index contributed by atoms with van der Waals surface area (Å²) in [7, 11) is 4.59. The Balaban J connectivity index is 1.66. The summed E-state index contributed by atoms with van der Waals surface area (Å²) < 4.78 is 16.5. The van der Waals surface area contributed by atoms with Crippen LogP contribution in [0.3, 0.4) is 0 Å². The van der Waals surface area contributed by atoms with Gasteiger partial charge >= 0.3 is 0 Å². The van der Waals surface area contributed by atoms with Gasteiger partial charge in [0.05, 0.1) is 33.8 Å². The Morgan fingerprint density at radius 2 is 1.66 bits per heavy atom. The number of ether oxygens (including phenoxy) is 3. The molecule has 0 saturated heterocycles. The number of rotatable bonds is 9. The summed E-state index contributed by atoms with van der Waals surface area (Å²) in [6.45, 7) is 0.683. The molecule has 1 aliphatic heterocycles. The van der Waals surface area contributed by atoms with Gasteiger partial charge in [-0.15, -0.1) is 0 Å². The van der Waals surface area contributed by atoms with Crippen molar-refractivity contribution >= 4 is 23.4 Å². The zero-order valence-electron chi connectivity index (χ0n) is 19.8. The van der Waals surface area contributed by atoms with E-state index in [-0.39, 0.29) is 24.8 Å². The van der Waals surface area contributed by atoms with E-state index in [1.165, 1.54) is 21.3 Å². The summed E-state index contributed by atoms with van der Waals surface area (Å²) in [6.07, 6.45) is 0.0445. The predicted octanol–water partition coefficient (Wildman–Crippen LogP) is 4.77. The molecule has 0 radical (unpaired) electrons. The van der Waals surface area contributed by atoms with E-state index < -0.39 is 6.04 Å². The van der Waals surface area contributed by atoms with Crippen LogP contribution < -0.4 is 19.5 Å². The van der Waals surface area contributed by atoms with Crippen molar-refractivity contribution in [2.45, 2.75) is 25.6 Å². The zero-order chi connectivity index (χ0) is 24.9. The van der Waals surface area contributed by atoms with Crippen LogP contribution >= 0.6 is 11.6 Å². The number of benzene rings is 3. The number of nitrogens with one attached hydrogen (secondary N) is 1. The second-order valence-electron chi connectivity index (χ2n) is 8.14. The predicted molar refractivity (Wildman–Crippen MR) is 133 cm³/mol. The van der Waals surface area contributed by atoms with Crippen LogP contribution in [0.15, 0.2) is 60.7 Å². The maximum atomic E-state index is 13.3. The lowest BCUT2D eigenvalue weighted by Crippen LogP contribution is -2.34. The van der Waals surface area contributed by atoms with Crippen molar-refractivity contribution in [3.8, 4) is 17.2 Å². The molecule has 1 N–H and O–H groups in total. The van der Waals surface area contributed by atoms with Crippen molar-refractivity contribution in [1.29, 1.82) is 0 Å². The molecule has 4 rings (SSSR count). The van der Waals surface area contributed by atoms with Crippen LogP contribution in [-0.2, 0) is 17.9 Å². The van der Waals surface area contributed by atoms with Gasteiger partial charge in [0, 0.05) is 23.7 Å². The fraction of sp³-hybridized carbons (Fsp3) is 0.259. The summed E-state index contributed by atoms with van der Waals surface area (Å²) in [5.41, 5.74) is 3.08. The molecule has 7 nitrogen and oxygen atoms in total. The Bertz CT molecular complexity index is 1220. The molecule has 0 aliphatic carbocycles. The third-order valence-electron chi connectivity index (χ3n) is 6.11. The molecule has 182 valence electrons. The van der Waals surface area contributed by atoms with Crippen molar-refractivity contribution < 1.29 is 23.8 Å². The highest BCUT2D eigenvalue weighted by atomic mass is 35.5. The number of halogens is 1. The molecule has 0 spiro atoms. The highest BCUT2D eigenvalue weighted by Gasteiger charge is 2.35. The number of hydrogen-bond acceptors (Lipinski definition) is 5. The van der Waals surface area contributed by atoms with E-state index in [9.17, 15) is 9.59 Å². The highest BCUT2D eigenvalue weighted by Crippen LogP contribution is 2.42. The molecule has 35 heavy (non-hydrogen) atoms. The second-order valence-corrected chi connectivity index (χ2v) is 8.54. The van der Waals surface area contributed by atoms with Crippen molar-refractivity contribution in [2.75, 3.05) is 21.3 Å². The Labute approximate surface area is 209 Å². The Morgan fingerprint density at radius 1 is 1.00 bits per heavy atom. The van der Waals surface area contributed by atoms with Crippen LogP contribution in [0.5, 0.6) is 17.2 Å². The monoisotopic (exact) mass is 494 g/mol. The normalized spacial score (nSPS) is 13.3. The van der Waals surface area contributed by atoms with Gasteiger partial charge < -0.3 is 24.4 Å². The van der Waals surface area contributed by atoms with Gasteiger partial charge in [-0.2, -0.15) is 0 Å². The molecule has 3 aromatic rings. The first-order valence-electron chi connectivity index (χ1n) is 11.2. The van der Waals surface area contributed by atoms with Crippen LogP contribution in [-0.4, -0.2) is 38.0 Å². The summed E-state index contributed by atoms with van der Waals surface area (Å²) >= 11 is 6.24. The third kappa shape index (κ3) is 5.05. The van der Waals surface area contributed by atoms with E-state index in [2.05, 4.69) is 5.32 Å². The maximum absolute atomic E-state index is 13.3. The summed E-state index contributed by atoms with van der Waals surface area (Å²) in [4.78, 5) is 28.1. The average Bonchev–Trinajstić information content (AvgIpc) is 3.22. The highest BCUT2D eigenvalue weighted by molar-refractivity contribution is 6.31. The summed E-state index contributed by atoms with van der Waals surface area (Å²) in [5, 5.41) is 3.51. The molecular weight excluding hydrogens is 468 g/mol. The minimum Gasteiger partial charge on any atom is -0.493 e. The van der Waals surface area contributed by atoms with Crippen LogP contribution in [0.2, 0.25) is 5.02 Å². The lowest BCUT2D eigenvalue weighted by atomic mass is 10.00. The van der Waals surface area contributed by atoms with E-state index >= 15 is 0 Å². The maximum Gasteiger partial charge on any atom is 0.255 e. The molecule has 0 aromatic heterocycles. The van der Waals surface area contributed by atoms with Crippen molar-refractivity contribution in [3.05, 3.63) is 87.9 Å². The third-order valence-corrected chi connectivity index (χ3v) is 6.48. The number of nitrogens with zero attached hydrogens (tertiary/aromatic N) is 1. The first kappa shape index (κ1) is 24.4. The van der Waals surface area contributed by atoms with Crippen LogP contribution in [0, 0.1) is 0 Å². The molecule has 1 atom stereocenters. The molecule has 1 aliphatic rings. The molecule has 1 heterocycles. The largest absolute Gasteiger partial charge is 0.493 e. The van der Waals surface area contributed by atoms with Gasteiger partial charge in [-0.1, -0.05) is 48.0 Å². The molecule has 8 heteroatoms. The Morgan fingerprint density at radius 3 is 2.29 bits per heavy atom. The molecule has 0 fully saturated rings. The lowest BCUT2D eigenvalue weighted by Gasteiger charge is -2.29. The zero-order valence-corrected chi connectivity index (χ0v) is 20.6. The topological polar surface area (TPSA) is 77.1 Å². The number of amides is 2. The number of hydrogen-bond donors (Lipinski definition) is 1. The standard InChI is InChI=1S/C27H27ClN2O5/c1-33-23-12-19(13-24(34-2)26(23)35-3)22(30-16-18-9-4-6-10-20(18)27(30)32)14-25(31)29-15-17-8-5-7-11-21(17)28/h4-13,22H,14-16H2,1-3H3,(H,29,31)/t22-/m0/s1. The van der Waals surface area contributed by atoms with Crippen molar-refractivity contribution in [3.63, 3.8) is 0 Å². The Hall–Kier alpha value is -3.71. The lowest BCUT2D eigenvalue weighted by molar-refractivity contribution is -0.122. The van der Waals surface area contributed by atoms with Gasteiger partial charge in [0.25, 0.3) is 5.91 Å². The van der Waals surface area contributed by atoms with E-state index in [0.29, 0.717) is 39.9 Å². The Kier molecular flexibility index (Phi) is 7.46.